The lowest BCUT2D eigenvalue weighted by atomic mass is 10.1. The van der Waals surface area contributed by atoms with Gasteiger partial charge in [0.15, 0.2) is 11.5 Å². The van der Waals surface area contributed by atoms with E-state index in [2.05, 4.69) is 26.6 Å². The molecule has 1 aliphatic rings. The number of halogens is 2. The Morgan fingerprint density at radius 2 is 1.95 bits per heavy atom. The molecule has 0 saturated carbocycles. The fourth-order valence-electron chi connectivity index (χ4n) is 2.35. The molecule has 5 nitrogen and oxygen atoms in total. The molecule has 21 heavy (non-hydrogen) atoms. The average Bonchev–Trinajstić information content (AvgIpc) is 2.85. The van der Waals surface area contributed by atoms with E-state index >= 15 is 0 Å². The van der Waals surface area contributed by atoms with Gasteiger partial charge in [0.1, 0.15) is 0 Å². The summed E-state index contributed by atoms with van der Waals surface area (Å²) in [5.41, 5.74) is 1.10. The molecule has 1 aromatic carbocycles. The quantitative estimate of drug-likeness (QED) is 0.698. The predicted octanol–water partition coefficient (Wildman–Crippen LogP) is 1.56. The van der Waals surface area contributed by atoms with E-state index in [1.54, 1.807) is 14.2 Å². The number of β-amino-alcohol motifs (C(OH)–C–C–N with tert-alkyl or cyclic N) is 1. The Balaban J connectivity index is 0.00000220. The van der Waals surface area contributed by atoms with Crippen LogP contribution in [0.4, 0.5) is 0 Å². The van der Waals surface area contributed by atoms with Gasteiger partial charge in [0.2, 0.25) is 0 Å². The Bertz CT molecular complexity index is 462. The summed E-state index contributed by atoms with van der Waals surface area (Å²) in [5, 5.41) is 16.3. The molecule has 2 unspecified atom stereocenters. The van der Waals surface area contributed by atoms with E-state index in [4.69, 9.17) is 9.47 Å². The van der Waals surface area contributed by atoms with E-state index in [0.717, 1.165) is 28.9 Å². The number of hydrogen-bond acceptors (Lipinski definition) is 5. The van der Waals surface area contributed by atoms with Gasteiger partial charge in [0, 0.05) is 36.6 Å². The molecule has 1 saturated heterocycles. The van der Waals surface area contributed by atoms with Crippen molar-refractivity contribution in [2.45, 2.75) is 12.6 Å². The maximum Gasteiger partial charge on any atom is 0.161 e. The van der Waals surface area contributed by atoms with Crippen molar-refractivity contribution >= 4 is 28.3 Å². The molecule has 7 heteroatoms. The van der Waals surface area contributed by atoms with Crippen LogP contribution in [-0.2, 0) is 6.54 Å². The van der Waals surface area contributed by atoms with Crippen molar-refractivity contribution in [3.05, 3.63) is 22.2 Å². The third-order valence-electron chi connectivity index (χ3n) is 3.58. The summed E-state index contributed by atoms with van der Waals surface area (Å²) >= 11 is 3.54. The first kappa shape index (κ1) is 18.5. The maximum atomic E-state index is 9.74. The zero-order valence-electron chi connectivity index (χ0n) is 12.2. The van der Waals surface area contributed by atoms with Crippen LogP contribution in [0, 0.1) is 5.92 Å². The van der Waals surface area contributed by atoms with Crippen LogP contribution in [0.25, 0.3) is 0 Å². The molecule has 1 aromatic rings. The summed E-state index contributed by atoms with van der Waals surface area (Å²) in [6.07, 6.45) is -0.253. The predicted molar refractivity (Wildman–Crippen MR) is 88.6 cm³/mol. The first-order valence-electron chi connectivity index (χ1n) is 6.65. The molecule has 2 atom stereocenters. The maximum absolute atomic E-state index is 9.74. The number of aliphatic hydroxyl groups is 1. The smallest absolute Gasteiger partial charge is 0.161 e. The molecule has 1 aliphatic heterocycles. The molecule has 0 bridgehead atoms. The van der Waals surface area contributed by atoms with E-state index in [1.165, 1.54) is 0 Å². The van der Waals surface area contributed by atoms with Crippen LogP contribution >= 0.6 is 28.3 Å². The van der Waals surface area contributed by atoms with Crippen molar-refractivity contribution in [3.8, 4) is 11.5 Å². The highest BCUT2D eigenvalue weighted by atomic mass is 79.9. The van der Waals surface area contributed by atoms with Gasteiger partial charge in [0.25, 0.3) is 0 Å². The summed E-state index contributed by atoms with van der Waals surface area (Å²) in [7, 11) is 3.25. The van der Waals surface area contributed by atoms with Crippen molar-refractivity contribution in [1.82, 2.24) is 10.6 Å². The van der Waals surface area contributed by atoms with Gasteiger partial charge in [-0.3, -0.25) is 0 Å². The molecule has 120 valence electrons. The average molecular weight is 382 g/mol. The minimum absolute atomic E-state index is 0. The second-order valence-corrected chi connectivity index (χ2v) is 5.77. The fourth-order valence-corrected chi connectivity index (χ4v) is 2.81. The van der Waals surface area contributed by atoms with Crippen LogP contribution in [-0.4, -0.2) is 45.1 Å². The Hall–Kier alpha value is -0.530. The highest BCUT2D eigenvalue weighted by Crippen LogP contribution is 2.33. The number of aliphatic hydroxyl groups excluding tert-OH is 1. The lowest BCUT2D eigenvalue weighted by Crippen LogP contribution is -2.30. The number of hydrogen-bond donors (Lipinski definition) is 3. The molecule has 3 N–H and O–H groups in total. The molecule has 0 aromatic heterocycles. The molecule has 0 amide bonds. The number of benzene rings is 1. The van der Waals surface area contributed by atoms with E-state index in [9.17, 15) is 5.11 Å². The Labute approximate surface area is 139 Å². The topological polar surface area (TPSA) is 62.8 Å². The van der Waals surface area contributed by atoms with Crippen LogP contribution < -0.4 is 20.1 Å². The van der Waals surface area contributed by atoms with E-state index in [-0.39, 0.29) is 24.4 Å². The van der Waals surface area contributed by atoms with Crippen LogP contribution in [0.5, 0.6) is 11.5 Å². The summed E-state index contributed by atoms with van der Waals surface area (Å²) in [6, 6.07) is 3.86. The standard InChI is InChI=1S/C14H21BrN2O3.ClH/c1-19-13-3-9(11(15)4-14(13)20-2)5-16-6-10-7-17-8-12(10)18;/h3-4,10,12,16-18H,5-8H2,1-2H3;1H. The zero-order chi connectivity index (χ0) is 14.5. The first-order valence-corrected chi connectivity index (χ1v) is 7.45. The van der Waals surface area contributed by atoms with Gasteiger partial charge in [-0.05, 0) is 17.7 Å². The van der Waals surface area contributed by atoms with E-state index < -0.39 is 0 Å². The largest absolute Gasteiger partial charge is 0.493 e. The summed E-state index contributed by atoms with van der Waals surface area (Å²) < 4.78 is 11.5. The molecule has 0 spiro atoms. The van der Waals surface area contributed by atoms with Crippen molar-refractivity contribution in [2.24, 2.45) is 5.92 Å². The zero-order valence-corrected chi connectivity index (χ0v) is 14.6. The van der Waals surface area contributed by atoms with Gasteiger partial charge in [-0.2, -0.15) is 0 Å². The van der Waals surface area contributed by atoms with Crippen LogP contribution in [0.3, 0.4) is 0 Å². The van der Waals surface area contributed by atoms with Crippen molar-refractivity contribution in [3.63, 3.8) is 0 Å². The minimum atomic E-state index is -0.253. The van der Waals surface area contributed by atoms with E-state index in [0.29, 0.717) is 18.8 Å². The van der Waals surface area contributed by atoms with Crippen LogP contribution in [0.15, 0.2) is 16.6 Å². The molecule has 1 fully saturated rings. The van der Waals surface area contributed by atoms with Gasteiger partial charge in [-0.25, -0.2) is 0 Å². The minimum Gasteiger partial charge on any atom is -0.493 e. The molecule has 1 heterocycles. The Kier molecular flexibility index (Phi) is 7.76. The number of ether oxygens (including phenoxy) is 2. The lowest BCUT2D eigenvalue weighted by molar-refractivity contribution is 0.146. The third-order valence-corrected chi connectivity index (χ3v) is 4.32. The Morgan fingerprint density at radius 3 is 2.52 bits per heavy atom. The van der Waals surface area contributed by atoms with Gasteiger partial charge < -0.3 is 25.2 Å². The molecule has 0 aliphatic carbocycles. The van der Waals surface area contributed by atoms with Gasteiger partial charge >= 0.3 is 0 Å². The number of nitrogens with one attached hydrogen (secondary N) is 2. The monoisotopic (exact) mass is 380 g/mol. The summed E-state index contributed by atoms with van der Waals surface area (Å²) in [4.78, 5) is 0. The van der Waals surface area contributed by atoms with E-state index in [1.807, 2.05) is 12.1 Å². The highest BCUT2D eigenvalue weighted by molar-refractivity contribution is 9.10. The molecular formula is C14H22BrClN2O3. The first-order chi connectivity index (χ1) is 9.65. The normalized spacial score (nSPS) is 21.0. The van der Waals surface area contributed by atoms with Gasteiger partial charge in [-0.1, -0.05) is 15.9 Å². The van der Waals surface area contributed by atoms with Gasteiger partial charge in [-0.15, -0.1) is 12.4 Å². The molecule has 0 radical (unpaired) electrons. The number of rotatable bonds is 6. The second kappa shape index (κ2) is 8.80. The van der Waals surface area contributed by atoms with Crippen molar-refractivity contribution in [1.29, 1.82) is 0 Å². The van der Waals surface area contributed by atoms with Crippen LogP contribution in [0.2, 0.25) is 0 Å². The SMILES string of the molecule is COc1cc(Br)c(CNCC2CNCC2O)cc1OC.Cl. The molecule has 2 rings (SSSR count). The van der Waals surface area contributed by atoms with Crippen molar-refractivity contribution < 1.29 is 14.6 Å². The van der Waals surface area contributed by atoms with Crippen molar-refractivity contribution in [2.75, 3.05) is 33.9 Å². The Morgan fingerprint density at radius 1 is 1.29 bits per heavy atom. The fraction of sp³-hybridized carbons (Fsp3) is 0.571. The van der Waals surface area contributed by atoms with Crippen LogP contribution in [0.1, 0.15) is 5.56 Å². The summed E-state index contributed by atoms with van der Waals surface area (Å²) in [6.45, 7) is 3.05. The lowest BCUT2D eigenvalue weighted by Gasteiger charge is -2.16. The molecular weight excluding hydrogens is 360 g/mol. The third kappa shape index (κ3) is 4.72. The number of methoxy groups -OCH3 is 2. The highest BCUT2D eigenvalue weighted by Gasteiger charge is 2.24. The van der Waals surface area contributed by atoms with Gasteiger partial charge in [0.05, 0.1) is 20.3 Å². The summed E-state index contributed by atoms with van der Waals surface area (Å²) in [5.74, 6) is 1.70. The second-order valence-electron chi connectivity index (χ2n) is 4.92.